The van der Waals surface area contributed by atoms with Crippen molar-refractivity contribution < 1.29 is 14.3 Å². The van der Waals surface area contributed by atoms with Crippen LogP contribution in [-0.4, -0.2) is 40.6 Å². The third kappa shape index (κ3) is 4.52. The van der Waals surface area contributed by atoms with E-state index in [-0.39, 0.29) is 11.7 Å². The van der Waals surface area contributed by atoms with Crippen molar-refractivity contribution >= 4 is 46.3 Å². The molecule has 0 aliphatic carbocycles. The number of thioether (sulfide) groups is 1. The van der Waals surface area contributed by atoms with Crippen molar-refractivity contribution in [2.24, 2.45) is 7.05 Å². The van der Waals surface area contributed by atoms with Crippen molar-refractivity contribution in [2.75, 3.05) is 25.3 Å². The Morgan fingerprint density at radius 2 is 1.97 bits per heavy atom. The lowest BCUT2D eigenvalue weighted by atomic mass is 10.2. The summed E-state index contributed by atoms with van der Waals surface area (Å²) < 4.78 is 12.4. The number of thiophene rings is 1. The van der Waals surface area contributed by atoms with Gasteiger partial charge in [-0.05, 0) is 19.4 Å². The van der Waals surface area contributed by atoms with Gasteiger partial charge < -0.3 is 19.4 Å². The molecule has 3 aromatic rings. The first-order chi connectivity index (χ1) is 13.8. The van der Waals surface area contributed by atoms with Gasteiger partial charge in [-0.15, -0.1) is 21.5 Å². The number of hydrogen-bond donors (Lipinski definition) is 1. The monoisotopic (exact) mass is 452 g/mol. The average molecular weight is 453 g/mol. The summed E-state index contributed by atoms with van der Waals surface area (Å²) in [6, 6.07) is 3.23. The number of anilines is 1. The highest BCUT2D eigenvalue weighted by Gasteiger charge is 2.17. The summed E-state index contributed by atoms with van der Waals surface area (Å²) in [5, 5.41) is 14.5. The summed E-state index contributed by atoms with van der Waals surface area (Å²) >= 11 is 9.10. The fourth-order valence-electron chi connectivity index (χ4n) is 2.68. The van der Waals surface area contributed by atoms with Gasteiger partial charge in [0.25, 0.3) is 0 Å². The van der Waals surface area contributed by atoms with Crippen LogP contribution < -0.4 is 14.8 Å². The van der Waals surface area contributed by atoms with Gasteiger partial charge in [0.2, 0.25) is 5.91 Å². The van der Waals surface area contributed by atoms with Gasteiger partial charge in [-0.25, -0.2) is 0 Å². The molecule has 0 atom stereocenters. The highest BCUT2D eigenvalue weighted by atomic mass is 35.5. The SMILES string of the molecule is COc1cc(NC(=O)CSc2nnc(-c3csc(C)c3C)n2C)c(OC)cc1Cl. The summed E-state index contributed by atoms with van der Waals surface area (Å²) in [6.45, 7) is 4.16. The van der Waals surface area contributed by atoms with Crippen LogP contribution in [0.1, 0.15) is 10.4 Å². The predicted molar refractivity (Wildman–Crippen MR) is 118 cm³/mol. The fraction of sp³-hybridized carbons (Fsp3) is 0.316. The van der Waals surface area contributed by atoms with Gasteiger partial charge in [0.05, 0.1) is 30.7 Å². The standard InChI is InChI=1S/C19H21ClN4O3S2/c1-10-11(2)28-8-12(10)18-22-23-19(24(18)3)29-9-17(25)21-14-7-15(26-4)13(20)6-16(14)27-5/h6-8H,9H2,1-5H3,(H,21,25). The molecule has 1 amide bonds. The van der Waals surface area contributed by atoms with Crippen molar-refractivity contribution in [3.05, 3.63) is 33.0 Å². The third-order valence-electron chi connectivity index (χ3n) is 4.44. The Balaban J connectivity index is 1.70. The molecule has 29 heavy (non-hydrogen) atoms. The number of amides is 1. The second kappa shape index (κ2) is 9.06. The number of ether oxygens (including phenoxy) is 2. The normalized spacial score (nSPS) is 10.8. The third-order valence-corrected chi connectivity index (χ3v) is 6.77. The van der Waals surface area contributed by atoms with Crippen LogP contribution in [0.5, 0.6) is 11.5 Å². The van der Waals surface area contributed by atoms with Crippen LogP contribution in [0.3, 0.4) is 0 Å². The molecule has 0 unspecified atom stereocenters. The number of nitrogens with zero attached hydrogens (tertiary/aromatic N) is 3. The predicted octanol–water partition coefficient (Wildman–Crippen LogP) is 4.56. The van der Waals surface area contributed by atoms with Crippen molar-refractivity contribution in [3.63, 3.8) is 0 Å². The highest BCUT2D eigenvalue weighted by molar-refractivity contribution is 7.99. The van der Waals surface area contributed by atoms with E-state index in [1.165, 1.54) is 36.4 Å². The Kier molecular flexibility index (Phi) is 6.71. The maximum Gasteiger partial charge on any atom is 0.234 e. The molecule has 0 spiro atoms. The molecular weight excluding hydrogens is 432 g/mol. The van der Waals surface area contributed by atoms with Gasteiger partial charge in [-0.2, -0.15) is 0 Å². The maximum atomic E-state index is 12.5. The Morgan fingerprint density at radius 3 is 2.59 bits per heavy atom. The molecule has 2 aromatic heterocycles. The van der Waals surface area contributed by atoms with E-state index in [9.17, 15) is 4.79 Å². The first-order valence-corrected chi connectivity index (χ1v) is 10.9. The Bertz CT molecular complexity index is 1050. The zero-order chi connectivity index (χ0) is 21.1. The minimum atomic E-state index is -0.204. The van der Waals surface area contributed by atoms with Gasteiger partial charge in [-0.1, -0.05) is 23.4 Å². The van der Waals surface area contributed by atoms with Crippen LogP contribution >= 0.6 is 34.7 Å². The molecule has 0 aliphatic heterocycles. The number of carbonyl (C=O) groups is 1. The number of halogens is 1. The second-order valence-corrected chi connectivity index (χ2v) is 8.65. The summed E-state index contributed by atoms with van der Waals surface area (Å²) in [5.41, 5.74) is 2.75. The van der Waals surface area contributed by atoms with E-state index >= 15 is 0 Å². The van der Waals surface area contributed by atoms with Crippen LogP contribution in [0, 0.1) is 13.8 Å². The van der Waals surface area contributed by atoms with E-state index in [1.807, 2.05) is 11.6 Å². The number of benzene rings is 1. The maximum absolute atomic E-state index is 12.5. The molecule has 0 saturated heterocycles. The minimum absolute atomic E-state index is 0.168. The number of hydrogen-bond acceptors (Lipinski definition) is 7. The van der Waals surface area contributed by atoms with Crippen LogP contribution in [0.4, 0.5) is 5.69 Å². The van der Waals surface area contributed by atoms with E-state index in [0.717, 1.165) is 11.4 Å². The van der Waals surface area contributed by atoms with Crippen molar-refractivity contribution in [2.45, 2.75) is 19.0 Å². The van der Waals surface area contributed by atoms with Crippen LogP contribution in [0.15, 0.2) is 22.7 Å². The minimum Gasteiger partial charge on any atom is -0.495 e. The van der Waals surface area contributed by atoms with Gasteiger partial charge in [0.15, 0.2) is 11.0 Å². The average Bonchev–Trinajstić information content (AvgIpc) is 3.23. The van der Waals surface area contributed by atoms with Gasteiger partial charge >= 0.3 is 0 Å². The number of aromatic nitrogens is 3. The molecule has 10 heteroatoms. The van der Waals surface area contributed by atoms with Crippen molar-refractivity contribution in [1.29, 1.82) is 0 Å². The van der Waals surface area contributed by atoms with E-state index in [2.05, 4.69) is 34.7 Å². The number of nitrogens with one attached hydrogen (secondary N) is 1. The Labute approximate surface area is 182 Å². The zero-order valence-electron chi connectivity index (χ0n) is 16.7. The van der Waals surface area contributed by atoms with E-state index in [4.69, 9.17) is 21.1 Å². The molecule has 0 aliphatic rings. The number of aryl methyl sites for hydroxylation is 1. The molecule has 1 aromatic carbocycles. The van der Waals surface area contributed by atoms with Crippen LogP contribution in [-0.2, 0) is 11.8 Å². The molecule has 3 rings (SSSR count). The summed E-state index contributed by atoms with van der Waals surface area (Å²) in [7, 11) is 4.92. The molecule has 7 nitrogen and oxygen atoms in total. The number of rotatable bonds is 7. The zero-order valence-corrected chi connectivity index (χ0v) is 19.1. The van der Waals surface area contributed by atoms with E-state index in [0.29, 0.717) is 27.4 Å². The molecular formula is C19H21ClN4O3S2. The quantitative estimate of drug-likeness (QED) is 0.529. The molecule has 0 fully saturated rings. The molecule has 0 bridgehead atoms. The highest BCUT2D eigenvalue weighted by Crippen LogP contribution is 2.36. The Hall–Kier alpha value is -2.23. The van der Waals surface area contributed by atoms with E-state index < -0.39 is 0 Å². The number of methoxy groups -OCH3 is 2. The molecule has 0 saturated carbocycles. The largest absolute Gasteiger partial charge is 0.495 e. The van der Waals surface area contributed by atoms with Gasteiger partial charge in [-0.3, -0.25) is 4.79 Å². The smallest absolute Gasteiger partial charge is 0.234 e. The molecule has 1 N–H and O–H groups in total. The van der Waals surface area contributed by atoms with E-state index in [1.54, 1.807) is 23.5 Å². The lowest BCUT2D eigenvalue weighted by Gasteiger charge is -2.13. The molecule has 2 heterocycles. The summed E-state index contributed by atoms with van der Waals surface area (Å²) in [6.07, 6.45) is 0. The lowest BCUT2D eigenvalue weighted by molar-refractivity contribution is -0.113. The van der Waals surface area contributed by atoms with Gasteiger partial charge in [0.1, 0.15) is 11.5 Å². The van der Waals surface area contributed by atoms with Gasteiger partial charge in [0, 0.05) is 35.0 Å². The first-order valence-electron chi connectivity index (χ1n) is 8.64. The number of carbonyl (C=O) groups excluding carboxylic acids is 1. The summed E-state index contributed by atoms with van der Waals surface area (Å²) in [4.78, 5) is 13.7. The summed E-state index contributed by atoms with van der Waals surface area (Å²) in [5.74, 6) is 1.67. The second-order valence-electron chi connectivity index (χ2n) is 6.22. The first kappa shape index (κ1) is 21.5. The topological polar surface area (TPSA) is 78.3 Å². The van der Waals surface area contributed by atoms with Crippen LogP contribution in [0.25, 0.3) is 11.4 Å². The lowest BCUT2D eigenvalue weighted by Crippen LogP contribution is -2.15. The van der Waals surface area contributed by atoms with Crippen molar-refractivity contribution in [1.82, 2.24) is 14.8 Å². The Morgan fingerprint density at radius 1 is 1.24 bits per heavy atom. The van der Waals surface area contributed by atoms with Crippen molar-refractivity contribution in [3.8, 4) is 22.9 Å². The van der Waals surface area contributed by atoms with Crippen LogP contribution in [0.2, 0.25) is 5.02 Å². The fourth-order valence-corrected chi connectivity index (χ4v) is 4.49. The molecule has 0 radical (unpaired) electrons. The molecule has 154 valence electrons.